The summed E-state index contributed by atoms with van der Waals surface area (Å²) in [6.07, 6.45) is 1.22. The smallest absolute Gasteiger partial charge is 0.149 e. The van der Waals surface area contributed by atoms with Crippen molar-refractivity contribution in [2.75, 3.05) is 29.6 Å². The summed E-state index contributed by atoms with van der Waals surface area (Å²) in [6, 6.07) is 7.17. The van der Waals surface area contributed by atoms with Crippen molar-refractivity contribution in [1.82, 2.24) is 0 Å². The van der Waals surface area contributed by atoms with Crippen LogP contribution in [0.4, 0.5) is 11.4 Å². The van der Waals surface area contributed by atoms with Gasteiger partial charge in [-0.25, -0.2) is 8.42 Å². The fourth-order valence-corrected chi connectivity index (χ4v) is 1.45. The van der Waals surface area contributed by atoms with E-state index < -0.39 is 9.84 Å². The molecule has 0 bridgehead atoms. The Bertz CT molecular complexity index is 392. The quantitative estimate of drug-likeness (QED) is 0.824. The van der Waals surface area contributed by atoms with Gasteiger partial charge in [-0.05, 0) is 24.3 Å². The first kappa shape index (κ1) is 17.7. The average Bonchev–Trinajstić information content (AvgIpc) is 2.06. The number of nitrogens with two attached hydrogens (primary N) is 1. The van der Waals surface area contributed by atoms with Crippen LogP contribution < -0.4 is 11.1 Å². The maximum atomic E-state index is 10.8. The van der Waals surface area contributed by atoms with E-state index in [1.807, 2.05) is 12.1 Å². The van der Waals surface area contributed by atoms with Gasteiger partial charge >= 0.3 is 0 Å². The SMILES string of the molecule is CS(=O)(=O)CCNc1ccc(N)cc1.Cl.Cl. The summed E-state index contributed by atoms with van der Waals surface area (Å²) >= 11 is 0. The lowest BCUT2D eigenvalue weighted by atomic mass is 10.3. The van der Waals surface area contributed by atoms with Crippen LogP contribution in [0.5, 0.6) is 0 Å². The molecule has 3 N–H and O–H groups in total. The molecule has 0 saturated heterocycles. The molecule has 0 atom stereocenters. The van der Waals surface area contributed by atoms with Crippen LogP contribution in [0, 0.1) is 0 Å². The Kier molecular flexibility index (Phi) is 8.42. The summed E-state index contributed by atoms with van der Waals surface area (Å²) in [4.78, 5) is 0. The maximum Gasteiger partial charge on any atom is 0.149 e. The van der Waals surface area contributed by atoms with E-state index in [1.54, 1.807) is 12.1 Å². The highest BCUT2D eigenvalue weighted by Crippen LogP contribution is 2.09. The van der Waals surface area contributed by atoms with Gasteiger partial charge in [-0.3, -0.25) is 0 Å². The Hall–Kier alpha value is -0.650. The molecule has 1 aromatic rings. The van der Waals surface area contributed by atoms with Crippen molar-refractivity contribution in [1.29, 1.82) is 0 Å². The molecule has 1 aromatic carbocycles. The van der Waals surface area contributed by atoms with Crippen LogP contribution in [0.25, 0.3) is 0 Å². The monoisotopic (exact) mass is 286 g/mol. The van der Waals surface area contributed by atoms with Crippen molar-refractivity contribution in [2.24, 2.45) is 0 Å². The summed E-state index contributed by atoms with van der Waals surface area (Å²) in [5.74, 6) is 0.136. The maximum absolute atomic E-state index is 10.8. The second kappa shape index (κ2) is 7.60. The molecule has 16 heavy (non-hydrogen) atoms. The van der Waals surface area contributed by atoms with Gasteiger partial charge in [0.15, 0.2) is 0 Å². The molecule has 0 amide bonds. The largest absolute Gasteiger partial charge is 0.399 e. The first-order valence-corrected chi connectivity index (χ1v) is 6.30. The number of rotatable bonds is 4. The van der Waals surface area contributed by atoms with Crippen LogP contribution in [0.15, 0.2) is 24.3 Å². The number of sulfone groups is 1. The third-order valence-electron chi connectivity index (χ3n) is 1.71. The minimum atomic E-state index is -2.89. The number of hydrogen-bond acceptors (Lipinski definition) is 4. The lowest BCUT2D eigenvalue weighted by molar-refractivity contribution is 0.602. The van der Waals surface area contributed by atoms with E-state index in [4.69, 9.17) is 5.73 Å². The molecule has 1 rings (SSSR count). The van der Waals surface area contributed by atoms with Gasteiger partial charge in [0.25, 0.3) is 0 Å². The van der Waals surface area contributed by atoms with Crippen molar-refractivity contribution in [2.45, 2.75) is 0 Å². The first-order valence-electron chi connectivity index (χ1n) is 4.24. The third-order valence-corrected chi connectivity index (χ3v) is 2.66. The number of hydrogen-bond donors (Lipinski definition) is 2. The highest BCUT2D eigenvalue weighted by Gasteiger charge is 2.00. The Morgan fingerprint density at radius 2 is 1.69 bits per heavy atom. The van der Waals surface area contributed by atoms with Crippen LogP contribution in [-0.4, -0.2) is 27.0 Å². The van der Waals surface area contributed by atoms with Gasteiger partial charge in [0.2, 0.25) is 0 Å². The van der Waals surface area contributed by atoms with Crippen LogP contribution in [0.1, 0.15) is 0 Å². The van der Waals surface area contributed by atoms with Crippen LogP contribution in [0.3, 0.4) is 0 Å². The van der Waals surface area contributed by atoms with Crippen molar-refractivity contribution < 1.29 is 8.42 Å². The molecule has 0 aliphatic rings. The highest BCUT2D eigenvalue weighted by molar-refractivity contribution is 7.90. The fourth-order valence-electron chi connectivity index (χ4n) is 0.982. The third kappa shape index (κ3) is 7.62. The van der Waals surface area contributed by atoms with Gasteiger partial charge in [0.1, 0.15) is 9.84 Å². The fraction of sp³-hybridized carbons (Fsp3) is 0.333. The van der Waals surface area contributed by atoms with Gasteiger partial charge in [-0.1, -0.05) is 0 Å². The van der Waals surface area contributed by atoms with E-state index in [0.29, 0.717) is 12.2 Å². The standard InChI is InChI=1S/C9H14N2O2S.2ClH/c1-14(12,13)7-6-11-9-4-2-8(10)3-5-9;;/h2-5,11H,6-7,10H2,1H3;2*1H. The van der Waals surface area contributed by atoms with Gasteiger partial charge in [0.05, 0.1) is 5.75 Å². The van der Waals surface area contributed by atoms with E-state index in [9.17, 15) is 8.42 Å². The van der Waals surface area contributed by atoms with E-state index in [-0.39, 0.29) is 30.6 Å². The topological polar surface area (TPSA) is 72.2 Å². The average molecular weight is 287 g/mol. The minimum absolute atomic E-state index is 0. The first-order chi connectivity index (χ1) is 6.47. The number of nitrogen functional groups attached to an aromatic ring is 1. The summed E-state index contributed by atoms with van der Waals surface area (Å²) in [5.41, 5.74) is 7.07. The van der Waals surface area contributed by atoms with Gasteiger partial charge in [0, 0.05) is 24.2 Å². The Balaban J connectivity index is 0. The van der Waals surface area contributed by atoms with E-state index in [1.165, 1.54) is 6.26 Å². The Morgan fingerprint density at radius 3 is 2.12 bits per heavy atom. The molecule has 0 aromatic heterocycles. The van der Waals surface area contributed by atoms with Crippen molar-refractivity contribution >= 4 is 46.0 Å². The van der Waals surface area contributed by atoms with Crippen LogP contribution >= 0.6 is 24.8 Å². The molecular formula is C9H16Cl2N2O2S. The molecule has 0 spiro atoms. The van der Waals surface area contributed by atoms with Crippen LogP contribution in [-0.2, 0) is 9.84 Å². The lowest BCUT2D eigenvalue weighted by Crippen LogP contribution is -2.13. The zero-order chi connectivity index (χ0) is 10.6. The van der Waals surface area contributed by atoms with Gasteiger partial charge in [-0.2, -0.15) is 0 Å². The van der Waals surface area contributed by atoms with Crippen LogP contribution in [0.2, 0.25) is 0 Å². The summed E-state index contributed by atoms with van der Waals surface area (Å²) < 4.78 is 21.6. The molecular weight excluding hydrogens is 271 g/mol. The minimum Gasteiger partial charge on any atom is -0.399 e. The lowest BCUT2D eigenvalue weighted by Gasteiger charge is -2.05. The molecule has 0 aliphatic heterocycles. The summed E-state index contributed by atoms with van der Waals surface area (Å²) in [7, 11) is -2.89. The van der Waals surface area contributed by atoms with E-state index in [2.05, 4.69) is 5.32 Å². The van der Waals surface area contributed by atoms with E-state index in [0.717, 1.165) is 5.69 Å². The zero-order valence-corrected chi connectivity index (χ0v) is 11.3. The molecule has 0 unspecified atom stereocenters. The van der Waals surface area contributed by atoms with Crippen molar-refractivity contribution in [3.63, 3.8) is 0 Å². The number of anilines is 2. The number of halogens is 2. The number of benzene rings is 1. The van der Waals surface area contributed by atoms with Gasteiger partial charge in [-0.15, -0.1) is 24.8 Å². The van der Waals surface area contributed by atoms with Crippen molar-refractivity contribution in [3.05, 3.63) is 24.3 Å². The predicted molar refractivity (Wildman–Crippen MR) is 73.6 cm³/mol. The van der Waals surface area contributed by atoms with E-state index >= 15 is 0 Å². The molecule has 0 heterocycles. The molecule has 0 saturated carbocycles. The summed E-state index contributed by atoms with van der Waals surface area (Å²) in [6.45, 7) is 0.419. The molecule has 0 aliphatic carbocycles. The molecule has 4 nitrogen and oxygen atoms in total. The van der Waals surface area contributed by atoms with Crippen molar-refractivity contribution in [3.8, 4) is 0 Å². The normalized spacial score (nSPS) is 9.81. The molecule has 0 fully saturated rings. The predicted octanol–water partition coefficient (Wildman–Crippen LogP) is 1.57. The molecule has 7 heteroatoms. The Morgan fingerprint density at radius 1 is 1.19 bits per heavy atom. The second-order valence-corrected chi connectivity index (χ2v) is 5.44. The Labute approximate surface area is 108 Å². The number of nitrogens with one attached hydrogen (secondary N) is 1. The molecule has 94 valence electrons. The van der Waals surface area contributed by atoms with Gasteiger partial charge < -0.3 is 11.1 Å². The molecule has 0 radical (unpaired) electrons. The zero-order valence-electron chi connectivity index (χ0n) is 8.84. The second-order valence-electron chi connectivity index (χ2n) is 3.18. The summed E-state index contributed by atoms with van der Waals surface area (Å²) in [5, 5.41) is 2.99. The highest BCUT2D eigenvalue weighted by atomic mass is 35.5.